The van der Waals surface area contributed by atoms with Crippen LogP contribution in [-0.4, -0.2) is 25.6 Å². The van der Waals surface area contributed by atoms with Gasteiger partial charge in [-0.25, -0.2) is 4.98 Å². The zero-order valence-corrected chi connectivity index (χ0v) is 13.9. The third kappa shape index (κ3) is 2.89. The molecule has 0 radical (unpaired) electrons. The summed E-state index contributed by atoms with van der Waals surface area (Å²) in [4.78, 5) is 16.6. The highest BCUT2D eigenvalue weighted by Crippen LogP contribution is 2.16. The minimum absolute atomic E-state index is 0.0424. The van der Waals surface area contributed by atoms with Gasteiger partial charge in [-0.15, -0.1) is 0 Å². The van der Waals surface area contributed by atoms with E-state index in [-0.39, 0.29) is 11.8 Å². The van der Waals surface area contributed by atoms with Gasteiger partial charge < -0.3 is 10.4 Å². The minimum atomic E-state index is -0.272. The van der Waals surface area contributed by atoms with Crippen molar-refractivity contribution in [3.05, 3.63) is 56.9 Å². The van der Waals surface area contributed by atoms with Crippen LogP contribution >= 0.6 is 22.6 Å². The summed E-state index contributed by atoms with van der Waals surface area (Å²) in [6.45, 7) is 2.17. The lowest BCUT2D eigenvalue weighted by molar-refractivity contribution is 0.0952. The van der Waals surface area contributed by atoms with Crippen molar-refractivity contribution in [2.45, 2.75) is 13.5 Å². The summed E-state index contributed by atoms with van der Waals surface area (Å²) in [5.74, 6) is -0.314. The summed E-state index contributed by atoms with van der Waals surface area (Å²) in [5.41, 5.74) is 2.32. The van der Waals surface area contributed by atoms with Crippen molar-refractivity contribution in [2.75, 3.05) is 0 Å². The Balaban J connectivity index is 1.83. The van der Waals surface area contributed by atoms with Crippen LogP contribution in [0.1, 0.15) is 21.6 Å². The third-order valence-electron chi connectivity index (χ3n) is 3.17. The molecule has 0 atom stereocenters. The van der Waals surface area contributed by atoms with Gasteiger partial charge in [0.25, 0.3) is 5.91 Å². The van der Waals surface area contributed by atoms with Crippen molar-refractivity contribution in [1.29, 1.82) is 0 Å². The lowest BCUT2D eigenvalue weighted by Gasteiger charge is -2.05. The smallest absolute Gasteiger partial charge is 0.257 e. The van der Waals surface area contributed by atoms with E-state index in [9.17, 15) is 9.90 Å². The summed E-state index contributed by atoms with van der Waals surface area (Å²) < 4.78 is 2.36. The Morgan fingerprint density at radius 3 is 3.00 bits per heavy atom. The van der Waals surface area contributed by atoms with Crippen molar-refractivity contribution >= 4 is 34.1 Å². The van der Waals surface area contributed by atoms with Gasteiger partial charge >= 0.3 is 0 Å². The van der Waals surface area contributed by atoms with Gasteiger partial charge in [0.1, 0.15) is 5.56 Å². The molecule has 22 heavy (non-hydrogen) atoms. The summed E-state index contributed by atoms with van der Waals surface area (Å²) in [5, 5.41) is 16.6. The van der Waals surface area contributed by atoms with Crippen molar-refractivity contribution in [1.82, 2.24) is 19.9 Å². The van der Waals surface area contributed by atoms with Crippen LogP contribution in [0.3, 0.4) is 0 Å². The summed E-state index contributed by atoms with van der Waals surface area (Å²) in [6, 6.07) is 9.39. The molecule has 0 aliphatic rings. The highest BCUT2D eigenvalue weighted by atomic mass is 127. The number of benzene rings is 1. The van der Waals surface area contributed by atoms with Gasteiger partial charge in [0.15, 0.2) is 5.65 Å². The molecule has 2 heterocycles. The van der Waals surface area contributed by atoms with E-state index >= 15 is 0 Å². The van der Waals surface area contributed by atoms with Crippen LogP contribution in [0.5, 0.6) is 5.88 Å². The molecule has 0 spiro atoms. The van der Waals surface area contributed by atoms with Crippen LogP contribution in [0.4, 0.5) is 0 Å². The maximum Gasteiger partial charge on any atom is 0.257 e. The topological polar surface area (TPSA) is 79.5 Å². The van der Waals surface area contributed by atoms with E-state index in [4.69, 9.17) is 0 Å². The lowest BCUT2D eigenvalue weighted by atomic mass is 10.2. The average molecular weight is 408 g/mol. The molecule has 7 heteroatoms. The van der Waals surface area contributed by atoms with Gasteiger partial charge in [-0.3, -0.25) is 4.79 Å². The number of hydrogen-bond donors (Lipinski definition) is 2. The second-order valence-electron chi connectivity index (χ2n) is 4.86. The number of carbonyl (C=O) groups is 1. The highest BCUT2D eigenvalue weighted by molar-refractivity contribution is 14.1. The molecule has 1 aromatic carbocycles. The van der Waals surface area contributed by atoms with E-state index in [1.165, 1.54) is 16.8 Å². The second-order valence-corrected chi connectivity index (χ2v) is 6.11. The number of aryl methyl sites for hydroxylation is 1. The molecule has 2 N–H and O–H groups in total. The molecule has 0 saturated carbocycles. The number of amides is 1. The largest absolute Gasteiger partial charge is 0.493 e. The number of nitrogens with zero attached hydrogens (tertiary/aromatic N) is 3. The van der Waals surface area contributed by atoms with Gasteiger partial charge in [0.05, 0.1) is 6.20 Å². The van der Waals surface area contributed by atoms with Crippen molar-refractivity contribution in [2.24, 2.45) is 0 Å². The third-order valence-corrected chi connectivity index (χ3v) is 3.84. The molecule has 2 aromatic heterocycles. The fraction of sp³-hybridized carbons (Fsp3) is 0.133. The zero-order chi connectivity index (χ0) is 15.7. The van der Waals surface area contributed by atoms with Crippen LogP contribution in [0.2, 0.25) is 0 Å². The van der Waals surface area contributed by atoms with E-state index in [0.29, 0.717) is 23.4 Å². The van der Waals surface area contributed by atoms with Crippen LogP contribution in [0.15, 0.2) is 36.5 Å². The number of aromatic nitrogens is 3. The maximum atomic E-state index is 12.3. The van der Waals surface area contributed by atoms with Crippen molar-refractivity contribution in [3.63, 3.8) is 0 Å². The average Bonchev–Trinajstić information content (AvgIpc) is 2.89. The molecular weight excluding hydrogens is 395 g/mol. The SMILES string of the molecule is Cc1cc(O)n2ncc(C(=O)NCc3cccc(I)c3)c2n1. The van der Waals surface area contributed by atoms with E-state index in [1.807, 2.05) is 24.3 Å². The Kier molecular flexibility index (Phi) is 3.97. The molecule has 3 rings (SSSR count). The van der Waals surface area contributed by atoms with Crippen LogP contribution in [-0.2, 0) is 6.54 Å². The van der Waals surface area contributed by atoms with Gasteiger partial charge in [0.2, 0.25) is 5.88 Å². The maximum absolute atomic E-state index is 12.3. The van der Waals surface area contributed by atoms with Gasteiger partial charge in [-0.2, -0.15) is 9.61 Å². The first-order valence-electron chi connectivity index (χ1n) is 6.61. The number of halogens is 1. The van der Waals surface area contributed by atoms with Gasteiger partial charge in [0, 0.05) is 21.9 Å². The molecule has 3 aromatic rings. The quantitative estimate of drug-likeness (QED) is 0.652. The van der Waals surface area contributed by atoms with Gasteiger partial charge in [-0.05, 0) is 47.2 Å². The van der Waals surface area contributed by atoms with E-state index in [2.05, 4.69) is 38.0 Å². The molecule has 0 unspecified atom stereocenters. The fourth-order valence-electron chi connectivity index (χ4n) is 2.15. The Labute approximate surface area is 140 Å². The highest BCUT2D eigenvalue weighted by Gasteiger charge is 2.16. The predicted octanol–water partition coefficient (Wildman–Crippen LogP) is 2.28. The van der Waals surface area contributed by atoms with Crippen LogP contribution in [0.25, 0.3) is 5.65 Å². The molecule has 0 aliphatic carbocycles. The predicted molar refractivity (Wildman–Crippen MR) is 89.7 cm³/mol. The molecule has 112 valence electrons. The number of hydrogen-bond acceptors (Lipinski definition) is 4. The van der Waals surface area contributed by atoms with Crippen molar-refractivity contribution in [3.8, 4) is 5.88 Å². The number of carbonyl (C=O) groups excluding carboxylic acids is 1. The molecule has 0 saturated heterocycles. The molecule has 6 nitrogen and oxygen atoms in total. The molecule has 0 aliphatic heterocycles. The molecule has 0 bridgehead atoms. The lowest BCUT2D eigenvalue weighted by Crippen LogP contribution is -2.22. The number of nitrogens with one attached hydrogen (secondary N) is 1. The van der Waals surface area contributed by atoms with Gasteiger partial charge in [-0.1, -0.05) is 12.1 Å². The van der Waals surface area contributed by atoms with Crippen molar-refractivity contribution < 1.29 is 9.90 Å². The standard InChI is InChI=1S/C15H13IN4O2/c1-9-5-13(21)20-14(19-9)12(8-18-20)15(22)17-7-10-3-2-4-11(16)6-10/h2-6,8,21H,7H2,1H3,(H,17,22). The Morgan fingerprint density at radius 1 is 1.41 bits per heavy atom. The summed E-state index contributed by atoms with van der Waals surface area (Å²) in [7, 11) is 0. The molecule has 1 amide bonds. The van der Waals surface area contributed by atoms with Crippen LogP contribution < -0.4 is 5.32 Å². The first-order chi connectivity index (χ1) is 10.5. The molecule has 0 fully saturated rings. The van der Waals surface area contributed by atoms with E-state index in [0.717, 1.165) is 9.13 Å². The Bertz CT molecular complexity index is 860. The monoisotopic (exact) mass is 408 g/mol. The first-order valence-corrected chi connectivity index (χ1v) is 7.69. The first kappa shape index (κ1) is 14.8. The van der Waals surface area contributed by atoms with Crippen LogP contribution in [0, 0.1) is 10.5 Å². The van der Waals surface area contributed by atoms with E-state index < -0.39 is 0 Å². The summed E-state index contributed by atoms with van der Waals surface area (Å²) in [6.07, 6.45) is 1.41. The number of aromatic hydroxyl groups is 1. The Morgan fingerprint density at radius 2 is 2.23 bits per heavy atom. The second kappa shape index (κ2) is 5.91. The molecular formula is C15H13IN4O2. The fourth-order valence-corrected chi connectivity index (χ4v) is 2.76. The zero-order valence-electron chi connectivity index (χ0n) is 11.7. The number of rotatable bonds is 3. The van der Waals surface area contributed by atoms with E-state index in [1.54, 1.807) is 6.92 Å². The normalized spacial score (nSPS) is 10.8. The minimum Gasteiger partial charge on any atom is -0.493 e. The Hall–Kier alpha value is -2.16. The number of fused-ring (bicyclic) bond motifs is 1. The summed E-state index contributed by atoms with van der Waals surface area (Å²) >= 11 is 2.23.